The van der Waals surface area contributed by atoms with Crippen molar-refractivity contribution in [2.24, 2.45) is 0 Å². The molecule has 0 saturated heterocycles. The standard InChI is InChI=1S/C15H22N2O3/c1-3-13(7-8-18)17-14(19)10-16-15(20)12-6-4-5-11(2)9-12/h4-6,9,13,18H,3,7-8,10H2,1-2H3,(H,16,20)(H,17,19). The van der Waals surface area contributed by atoms with Gasteiger partial charge in [0.25, 0.3) is 5.91 Å². The van der Waals surface area contributed by atoms with Crippen molar-refractivity contribution in [2.75, 3.05) is 13.2 Å². The molecule has 0 saturated carbocycles. The Balaban J connectivity index is 2.42. The van der Waals surface area contributed by atoms with Gasteiger partial charge in [0.2, 0.25) is 5.91 Å². The molecule has 1 aromatic carbocycles. The zero-order valence-electron chi connectivity index (χ0n) is 12.0. The van der Waals surface area contributed by atoms with Gasteiger partial charge in [0.15, 0.2) is 0 Å². The molecule has 0 spiro atoms. The van der Waals surface area contributed by atoms with E-state index in [0.717, 1.165) is 12.0 Å². The summed E-state index contributed by atoms with van der Waals surface area (Å²) >= 11 is 0. The van der Waals surface area contributed by atoms with Crippen LogP contribution < -0.4 is 10.6 Å². The van der Waals surface area contributed by atoms with Crippen molar-refractivity contribution in [3.05, 3.63) is 35.4 Å². The number of hydrogen-bond acceptors (Lipinski definition) is 3. The average molecular weight is 278 g/mol. The van der Waals surface area contributed by atoms with E-state index in [1.165, 1.54) is 0 Å². The molecule has 110 valence electrons. The van der Waals surface area contributed by atoms with Gasteiger partial charge < -0.3 is 15.7 Å². The number of benzene rings is 1. The van der Waals surface area contributed by atoms with Crippen molar-refractivity contribution >= 4 is 11.8 Å². The van der Waals surface area contributed by atoms with Gasteiger partial charge >= 0.3 is 0 Å². The summed E-state index contributed by atoms with van der Waals surface area (Å²) in [7, 11) is 0. The normalized spacial score (nSPS) is 11.8. The number of carbonyl (C=O) groups is 2. The SMILES string of the molecule is CCC(CCO)NC(=O)CNC(=O)c1cccc(C)c1. The molecular formula is C15H22N2O3. The highest BCUT2D eigenvalue weighted by atomic mass is 16.3. The molecular weight excluding hydrogens is 256 g/mol. The molecule has 1 rings (SSSR count). The largest absolute Gasteiger partial charge is 0.396 e. The fraction of sp³-hybridized carbons (Fsp3) is 0.467. The van der Waals surface area contributed by atoms with Crippen LogP contribution in [0.2, 0.25) is 0 Å². The van der Waals surface area contributed by atoms with Crippen LogP contribution in [0.1, 0.15) is 35.7 Å². The van der Waals surface area contributed by atoms with E-state index in [4.69, 9.17) is 5.11 Å². The van der Waals surface area contributed by atoms with Gasteiger partial charge in [0.1, 0.15) is 0 Å². The minimum Gasteiger partial charge on any atom is -0.396 e. The van der Waals surface area contributed by atoms with Crippen LogP contribution in [-0.2, 0) is 4.79 Å². The van der Waals surface area contributed by atoms with Crippen molar-refractivity contribution in [2.45, 2.75) is 32.7 Å². The molecule has 1 atom stereocenters. The van der Waals surface area contributed by atoms with Gasteiger partial charge in [0, 0.05) is 18.2 Å². The van der Waals surface area contributed by atoms with E-state index in [9.17, 15) is 9.59 Å². The summed E-state index contributed by atoms with van der Waals surface area (Å²) < 4.78 is 0. The molecule has 1 aromatic rings. The Kier molecular flexibility index (Phi) is 6.73. The van der Waals surface area contributed by atoms with Crippen LogP contribution in [0, 0.1) is 6.92 Å². The maximum Gasteiger partial charge on any atom is 0.251 e. The molecule has 0 heterocycles. The molecule has 0 aliphatic heterocycles. The number of carbonyl (C=O) groups excluding carboxylic acids is 2. The summed E-state index contributed by atoms with van der Waals surface area (Å²) in [6.45, 7) is 3.82. The van der Waals surface area contributed by atoms with Gasteiger partial charge in [-0.25, -0.2) is 0 Å². The highest BCUT2D eigenvalue weighted by molar-refractivity contribution is 5.96. The predicted molar refractivity (Wildman–Crippen MR) is 77.4 cm³/mol. The summed E-state index contributed by atoms with van der Waals surface area (Å²) in [5, 5.41) is 14.2. The Bertz CT molecular complexity index is 460. The molecule has 2 amide bonds. The topological polar surface area (TPSA) is 78.4 Å². The average Bonchev–Trinajstić information content (AvgIpc) is 2.44. The first-order chi connectivity index (χ1) is 9.56. The van der Waals surface area contributed by atoms with E-state index < -0.39 is 0 Å². The fourth-order valence-corrected chi connectivity index (χ4v) is 1.86. The van der Waals surface area contributed by atoms with E-state index >= 15 is 0 Å². The monoisotopic (exact) mass is 278 g/mol. The quantitative estimate of drug-likeness (QED) is 0.696. The maximum absolute atomic E-state index is 11.9. The van der Waals surface area contributed by atoms with Crippen LogP contribution in [0.3, 0.4) is 0 Å². The summed E-state index contributed by atoms with van der Waals surface area (Å²) in [4.78, 5) is 23.5. The van der Waals surface area contributed by atoms with E-state index in [1.807, 2.05) is 19.9 Å². The number of nitrogens with one attached hydrogen (secondary N) is 2. The summed E-state index contributed by atoms with van der Waals surface area (Å²) in [5.41, 5.74) is 1.54. The third kappa shape index (κ3) is 5.40. The third-order valence-electron chi connectivity index (χ3n) is 3.03. The number of rotatable bonds is 7. The smallest absolute Gasteiger partial charge is 0.251 e. The number of aliphatic hydroxyl groups excluding tert-OH is 1. The highest BCUT2D eigenvalue weighted by Gasteiger charge is 2.11. The summed E-state index contributed by atoms with van der Waals surface area (Å²) in [6.07, 6.45) is 1.27. The zero-order chi connectivity index (χ0) is 15.0. The van der Waals surface area contributed by atoms with Gasteiger partial charge in [-0.2, -0.15) is 0 Å². The molecule has 0 bridgehead atoms. The second-order valence-electron chi connectivity index (χ2n) is 4.74. The zero-order valence-corrected chi connectivity index (χ0v) is 12.0. The fourth-order valence-electron chi connectivity index (χ4n) is 1.86. The summed E-state index contributed by atoms with van der Waals surface area (Å²) in [5.74, 6) is -0.509. The first kappa shape index (κ1) is 16.2. The van der Waals surface area contributed by atoms with Crippen LogP contribution >= 0.6 is 0 Å². The molecule has 0 fully saturated rings. The number of amides is 2. The van der Waals surface area contributed by atoms with Crippen molar-refractivity contribution in [1.29, 1.82) is 0 Å². The van der Waals surface area contributed by atoms with Gasteiger partial charge in [0.05, 0.1) is 6.54 Å². The molecule has 0 aliphatic rings. The lowest BCUT2D eigenvalue weighted by atomic mass is 10.1. The van der Waals surface area contributed by atoms with Crippen molar-refractivity contribution in [1.82, 2.24) is 10.6 Å². The Morgan fingerprint density at radius 3 is 2.70 bits per heavy atom. The molecule has 0 aromatic heterocycles. The molecule has 0 radical (unpaired) electrons. The lowest BCUT2D eigenvalue weighted by Crippen LogP contribution is -2.42. The van der Waals surface area contributed by atoms with Gasteiger partial charge in [-0.05, 0) is 31.9 Å². The molecule has 0 aliphatic carbocycles. The van der Waals surface area contributed by atoms with Crippen molar-refractivity contribution in [3.8, 4) is 0 Å². The lowest BCUT2D eigenvalue weighted by Gasteiger charge is -2.15. The van der Waals surface area contributed by atoms with Gasteiger partial charge in [-0.15, -0.1) is 0 Å². The predicted octanol–water partition coefficient (Wildman–Crippen LogP) is 1.00. The summed E-state index contributed by atoms with van der Waals surface area (Å²) in [6, 6.07) is 7.14. The first-order valence-corrected chi connectivity index (χ1v) is 6.82. The maximum atomic E-state index is 11.9. The minimum absolute atomic E-state index is 0.0361. The molecule has 1 unspecified atom stereocenters. The molecule has 3 N–H and O–H groups in total. The third-order valence-corrected chi connectivity index (χ3v) is 3.03. The first-order valence-electron chi connectivity index (χ1n) is 6.82. The lowest BCUT2D eigenvalue weighted by molar-refractivity contribution is -0.120. The van der Waals surface area contributed by atoms with E-state index in [2.05, 4.69) is 10.6 Å². The molecule has 20 heavy (non-hydrogen) atoms. The molecule has 5 heteroatoms. The van der Waals surface area contributed by atoms with Crippen molar-refractivity contribution in [3.63, 3.8) is 0 Å². The molecule has 5 nitrogen and oxygen atoms in total. The van der Waals surface area contributed by atoms with Crippen LogP contribution in [0.5, 0.6) is 0 Å². The van der Waals surface area contributed by atoms with Crippen LogP contribution in [0.15, 0.2) is 24.3 Å². The van der Waals surface area contributed by atoms with E-state index in [1.54, 1.807) is 18.2 Å². The number of aliphatic hydroxyl groups is 1. The second kappa shape index (κ2) is 8.32. The van der Waals surface area contributed by atoms with Crippen LogP contribution in [-0.4, -0.2) is 36.1 Å². The Morgan fingerprint density at radius 1 is 1.35 bits per heavy atom. The van der Waals surface area contributed by atoms with Gasteiger partial charge in [-0.1, -0.05) is 24.6 Å². The number of hydrogen-bond donors (Lipinski definition) is 3. The van der Waals surface area contributed by atoms with Crippen LogP contribution in [0.25, 0.3) is 0 Å². The Hall–Kier alpha value is -1.88. The second-order valence-corrected chi connectivity index (χ2v) is 4.74. The van der Waals surface area contributed by atoms with E-state index in [-0.39, 0.29) is 31.0 Å². The highest BCUT2D eigenvalue weighted by Crippen LogP contribution is 2.03. The Morgan fingerprint density at radius 2 is 2.10 bits per heavy atom. The minimum atomic E-state index is -0.265. The number of aryl methyl sites for hydroxylation is 1. The van der Waals surface area contributed by atoms with Gasteiger partial charge in [-0.3, -0.25) is 9.59 Å². The Labute approximate surface area is 119 Å². The van der Waals surface area contributed by atoms with Crippen molar-refractivity contribution < 1.29 is 14.7 Å². The van der Waals surface area contributed by atoms with E-state index in [0.29, 0.717) is 12.0 Å². The van der Waals surface area contributed by atoms with Crippen LogP contribution in [0.4, 0.5) is 0 Å².